The fourth-order valence-electron chi connectivity index (χ4n) is 11.1. The third kappa shape index (κ3) is 9.86. The Bertz CT molecular complexity index is 3980. The first-order valence-electron chi connectivity index (χ1n) is 27.0. The van der Waals surface area contributed by atoms with Crippen LogP contribution in [0.3, 0.4) is 0 Å². The molecule has 0 saturated heterocycles. The van der Waals surface area contributed by atoms with Gasteiger partial charge < -0.3 is 13.6 Å². The molecule has 0 saturated carbocycles. The van der Waals surface area contributed by atoms with Crippen LogP contribution < -0.4 is 10.4 Å². The molecule has 0 aliphatic heterocycles. The van der Waals surface area contributed by atoms with E-state index in [2.05, 4.69) is 247 Å². The van der Waals surface area contributed by atoms with Crippen LogP contribution in [0.5, 0.6) is 0 Å². The smallest absolute Gasteiger partial charge is 0.120 e. The Kier molecular flexibility index (Phi) is 15.1. The SMILES string of the molecule is CC(C)c1cc(-c2ccc([Si](C)(C)c3ccccc3)cc2)cc(C(C)C)c1-n1c(-c2[c-]ccc3c2oc2ccccc23)nc2ccccc21.CC(C)c1cccc(C(C)C)c1-n1c(-c2[c-]cccc2)nc2ccccc21.[Ir]. The maximum atomic E-state index is 6.54. The summed E-state index contributed by atoms with van der Waals surface area (Å²) in [6, 6.07) is 76.1. The Morgan fingerprint density at radius 2 is 0.961 bits per heavy atom. The summed E-state index contributed by atoms with van der Waals surface area (Å²) in [6.07, 6.45) is 0. The molecule has 0 aliphatic rings. The second-order valence-corrected chi connectivity index (χ2v) is 26.4. The molecule has 77 heavy (non-hydrogen) atoms. The number of para-hydroxylation sites is 6. The van der Waals surface area contributed by atoms with E-state index in [0.29, 0.717) is 11.8 Å². The molecule has 7 heteroatoms. The van der Waals surface area contributed by atoms with Crippen molar-refractivity contribution in [3.8, 4) is 45.3 Å². The standard InChI is InChI=1S/C45H41N2OSi.C25H25N2.Ir/c1-29(2)38-27-32(31-23-25-34(26-24-31)49(5,6)33-15-8-7-9-16-33)28-39(30(3)4)43(38)47-41-21-12-11-20-40(41)46-45(47)37-19-14-18-36-35-17-10-13-22-42(35)48-44(36)37;1-17(2)20-13-10-14-21(18(3)4)24(20)27-23-16-9-8-15-22(23)26-25(27)19-11-6-5-7-12-19;/h7-18,20-30H,1-6H3;5-11,13-18H,1-4H3;/q2*-1;. The predicted octanol–water partition coefficient (Wildman–Crippen LogP) is 17.9. The maximum Gasteiger partial charge on any atom is 0.120 e. The van der Waals surface area contributed by atoms with Crippen LogP contribution in [0.15, 0.2) is 199 Å². The first-order valence-corrected chi connectivity index (χ1v) is 30.0. The van der Waals surface area contributed by atoms with E-state index in [1.54, 1.807) is 0 Å². The molecule has 1 radical (unpaired) electrons. The van der Waals surface area contributed by atoms with Crippen LogP contribution in [0.25, 0.3) is 89.3 Å². The summed E-state index contributed by atoms with van der Waals surface area (Å²) < 4.78 is 11.3. The number of furan rings is 1. The molecule has 0 bridgehead atoms. The zero-order chi connectivity index (χ0) is 52.8. The van der Waals surface area contributed by atoms with Gasteiger partial charge >= 0.3 is 0 Å². The van der Waals surface area contributed by atoms with Crippen molar-refractivity contribution < 1.29 is 24.5 Å². The minimum atomic E-state index is -1.80. The van der Waals surface area contributed by atoms with Crippen LogP contribution in [-0.4, -0.2) is 27.2 Å². The van der Waals surface area contributed by atoms with Crippen molar-refractivity contribution in [3.05, 3.63) is 229 Å². The first kappa shape index (κ1) is 53.0. The number of aromatic nitrogens is 4. The quantitative estimate of drug-likeness (QED) is 0.0958. The third-order valence-electron chi connectivity index (χ3n) is 15.3. The van der Waals surface area contributed by atoms with Crippen LogP contribution in [-0.2, 0) is 20.1 Å². The van der Waals surface area contributed by atoms with Gasteiger partial charge in [-0.3, -0.25) is 9.97 Å². The molecular weight excluding hydrogens is 1130 g/mol. The van der Waals surface area contributed by atoms with E-state index in [1.807, 2.05) is 36.4 Å². The van der Waals surface area contributed by atoms with Gasteiger partial charge in [0.1, 0.15) is 13.7 Å². The largest absolute Gasteiger partial charge is 0.501 e. The van der Waals surface area contributed by atoms with E-state index in [4.69, 9.17) is 14.4 Å². The summed E-state index contributed by atoms with van der Waals surface area (Å²) in [4.78, 5) is 10.3. The van der Waals surface area contributed by atoms with Gasteiger partial charge in [0.15, 0.2) is 0 Å². The molecule has 387 valence electrons. The molecule has 12 aromatic rings. The van der Waals surface area contributed by atoms with Gasteiger partial charge in [-0.15, -0.1) is 54.1 Å². The van der Waals surface area contributed by atoms with E-state index in [-0.39, 0.29) is 31.9 Å². The van der Waals surface area contributed by atoms with Gasteiger partial charge in [0.2, 0.25) is 0 Å². The minimum Gasteiger partial charge on any atom is -0.501 e. The number of hydrogen-bond acceptors (Lipinski definition) is 3. The molecular formula is C70H66IrN4OSi-2. The number of rotatable bonds is 11. The van der Waals surface area contributed by atoms with E-state index >= 15 is 0 Å². The van der Waals surface area contributed by atoms with Crippen molar-refractivity contribution in [2.24, 2.45) is 0 Å². The van der Waals surface area contributed by atoms with Crippen LogP contribution in [0.4, 0.5) is 0 Å². The van der Waals surface area contributed by atoms with Gasteiger partial charge in [0.25, 0.3) is 0 Å². The van der Waals surface area contributed by atoms with Crippen LogP contribution in [0.1, 0.15) is 101 Å². The van der Waals surface area contributed by atoms with Gasteiger partial charge in [0.05, 0.1) is 39.3 Å². The Balaban J connectivity index is 0.000000203. The Morgan fingerprint density at radius 3 is 1.56 bits per heavy atom. The monoisotopic (exact) mass is 1200 g/mol. The topological polar surface area (TPSA) is 48.8 Å². The summed E-state index contributed by atoms with van der Waals surface area (Å²) in [5.74, 6) is 3.19. The fraction of sp³-hybridized carbons (Fsp3) is 0.200. The van der Waals surface area contributed by atoms with Crippen molar-refractivity contribution >= 4 is 62.5 Å². The average molecular weight is 1200 g/mol. The number of benzene rings is 9. The Morgan fingerprint density at radius 1 is 0.442 bits per heavy atom. The van der Waals surface area contributed by atoms with Gasteiger partial charge in [-0.05, 0) is 99.5 Å². The van der Waals surface area contributed by atoms with Crippen molar-refractivity contribution in [3.63, 3.8) is 0 Å². The summed E-state index contributed by atoms with van der Waals surface area (Å²) in [7, 11) is -1.80. The van der Waals surface area contributed by atoms with Gasteiger partial charge in [-0.2, -0.15) is 0 Å². The van der Waals surface area contributed by atoms with Gasteiger partial charge in [-0.25, -0.2) is 0 Å². The van der Waals surface area contributed by atoms with Crippen LogP contribution in [0.2, 0.25) is 13.1 Å². The number of hydrogen-bond donors (Lipinski definition) is 0. The number of fused-ring (bicyclic) bond motifs is 5. The summed E-state index contributed by atoms with van der Waals surface area (Å²) in [6.45, 7) is 23.1. The molecule has 12 rings (SSSR count). The molecule has 0 N–H and O–H groups in total. The Hall–Kier alpha value is -7.41. The molecule has 0 fully saturated rings. The molecule has 0 amide bonds. The van der Waals surface area contributed by atoms with E-state index in [1.165, 1.54) is 55.1 Å². The van der Waals surface area contributed by atoms with E-state index in [0.717, 1.165) is 66.8 Å². The minimum absolute atomic E-state index is 0. The third-order valence-corrected chi connectivity index (χ3v) is 18.8. The molecule has 0 aliphatic carbocycles. The fourth-order valence-corrected chi connectivity index (χ4v) is 13.5. The van der Waals surface area contributed by atoms with Crippen molar-refractivity contribution in [2.45, 2.75) is 92.2 Å². The van der Waals surface area contributed by atoms with Crippen molar-refractivity contribution in [1.82, 2.24) is 19.1 Å². The summed E-state index contributed by atoms with van der Waals surface area (Å²) in [5, 5.41) is 5.08. The molecule has 5 nitrogen and oxygen atoms in total. The average Bonchev–Trinajstić information content (AvgIpc) is 4.20. The molecule has 0 spiro atoms. The van der Waals surface area contributed by atoms with E-state index < -0.39 is 8.07 Å². The maximum absolute atomic E-state index is 6.54. The van der Waals surface area contributed by atoms with Gasteiger partial charge in [0, 0.05) is 36.9 Å². The van der Waals surface area contributed by atoms with Crippen LogP contribution >= 0.6 is 0 Å². The summed E-state index contributed by atoms with van der Waals surface area (Å²) in [5.41, 5.74) is 18.0. The van der Waals surface area contributed by atoms with Gasteiger partial charge in [-0.1, -0.05) is 205 Å². The summed E-state index contributed by atoms with van der Waals surface area (Å²) >= 11 is 0. The molecule has 3 aromatic heterocycles. The van der Waals surface area contributed by atoms with Crippen LogP contribution in [0, 0.1) is 12.1 Å². The Labute approximate surface area is 469 Å². The zero-order valence-corrected chi connectivity index (χ0v) is 49.2. The first-order chi connectivity index (χ1) is 36.8. The molecule has 9 aromatic carbocycles. The molecule has 0 atom stereocenters. The molecule has 0 unspecified atom stereocenters. The van der Waals surface area contributed by atoms with E-state index in [9.17, 15) is 0 Å². The van der Waals surface area contributed by atoms with Crippen molar-refractivity contribution in [2.75, 3.05) is 0 Å². The normalized spacial score (nSPS) is 11.9. The molecule has 3 heterocycles. The second-order valence-electron chi connectivity index (χ2n) is 22.0. The van der Waals surface area contributed by atoms with Crippen molar-refractivity contribution in [1.29, 1.82) is 0 Å². The zero-order valence-electron chi connectivity index (χ0n) is 45.8. The number of imidazole rings is 2. The second kappa shape index (κ2) is 21.9. The number of nitrogens with zero attached hydrogens (tertiary/aromatic N) is 4. The predicted molar refractivity (Wildman–Crippen MR) is 323 cm³/mol.